The van der Waals surface area contributed by atoms with Crippen LogP contribution >= 0.6 is 11.8 Å². The Morgan fingerprint density at radius 2 is 2.10 bits per heavy atom. The van der Waals surface area contributed by atoms with E-state index < -0.39 is 0 Å². The molecule has 2 aliphatic heterocycles. The molecule has 0 saturated carbocycles. The molecule has 1 fully saturated rings. The quantitative estimate of drug-likeness (QED) is 0.776. The second-order valence-corrected chi connectivity index (χ2v) is 6.84. The van der Waals surface area contributed by atoms with E-state index in [1.54, 1.807) is 6.07 Å². The predicted molar refractivity (Wildman–Crippen MR) is 83.7 cm³/mol. The molecule has 112 valence electrons. The molecular weight excluding hydrogens is 286 g/mol. The van der Waals surface area contributed by atoms with Gasteiger partial charge in [0, 0.05) is 16.5 Å². The number of rotatable bonds is 2. The first-order valence-corrected chi connectivity index (χ1v) is 8.14. The third kappa shape index (κ3) is 3.22. The van der Waals surface area contributed by atoms with Crippen LogP contribution in [0.1, 0.15) is 30.1 Å². The van der Waals surface area contributed by atoms with Gasteiger partial charge in [0.25, 0.3) is 5.91 Å². The molecule has 1 unspecified atom stereocenters. The monoisotopic (exact) mass is 305 g/mol. The molecule has 2 aliphatic rings. The highest BCUT2D eigenvalue weighted by molar-refractivity contribution is 8.00. The van der Waals surface area contributed by atoms with Gasteiger partial charge in [-0.3, -0.25) is 9.59 Å². The summed E-state index contributed by atoms with van der Waals surface area (Å²) < 4.78 is 0. The van der Waals surface area contributed by atoms with Gasteiger partial charge in [-0.25, -0.2) is 0 Å². The Kier molecular flexibility index (Phi) is 4.17. The minimum atomic E-state index is -0.0908. The van der Waals surface area contributed by atoms with Crippen molar-refractivity contribution in [3.63, 3.8) is 0 Å². The Labute approximate surface area is 128 Å². The number of carbonyl (C=O) groups excluding carboxylic acids is 2. The van der Waals surface area contributed by atoms with E-state index in [0.29, 0.717) is 5.56 Å². The maximum absolute atomic E-state index is 12.3. The Bertz CT molecular complexity index is 570. The van der Waals surface area contributed by atoms with E-state index >= 15 is 0 Å². The van der Waals surface area contributed by atoms with Crippen molar-refractivity contribution in [1.82, 2.24) is 10.6 Å². The highest BCUT2D eigenvalue weighted by Crippen LogP contribution is 2.35. The second-order valence-electron chi connectivity index (χ2n) is 5.46. The third-order valence-corrected chi connectivity index (χ3v) is 5.02. The summed E-state index contributed by atoms with van der Waals surface area (Å²) in [5.74, 6) is -0.0778. The molecule has 0 spiro atoms. The zero-order valence-electron chi connectivity index (χ0n) is 11.9. The summed E-state index contributed by atoms with van der Waals surface area (Å²) in [4.78, 5) is 25.0. The fourth-order valence-corrected chi connectivity index (χ4v) is 3.52. The molecule has 2 amide bonds. The Balaban J connectivity index is 1.72. The second kappa shape index (κ2) is 6.07. The number of benzene rings is 1. The number of thioether (sulfide) groups is 1. The van der Waals surface area contributed by atoms with Crippen molar-refractivity contribution in [2.24, 2.45) is 0 Å². The van der Waals surface area contributed by atoms with Crippen molar-refractivity contribution in [1.29, 1.82) is 0 Å². The first kappa shape index (κ1) is 14.4. The Hall–Kier alpha value is -1.53. The first-order valence-electron chi connectivity index (χ1n) is 7.26. The SMILES string of the molecule is CC1Sc2ccc(C(=O)NC3CCNCC3)cc2NC1=O. The van der Waals surface area contributed by atoms with Crippen LogP contribution in [0.3, 0.4) is 0 Å². The Morgan fingerprint density at radius 1 is 1.33 bits per heavy atom. The van der Waals surface area contributed by atoms with E-state index in [1.807, 2.05) is 19.1 Å². The van der Waals surface area contributed by atoms with Crippen molar-refractivity contribution < 1.29 is 9.59 Å². The molecule has 3 rings (SSSR count). The van der Waals surface area contributed by atoms with Gasteiger partial charge in [0.2, 0.25) is 5.91 Å². The molecule has 1 aromatic rings. The van der Waals surface area contributed by atoms with Crippen LogP contribution < -0.4 is 16.0 Å². The molecule has 0 bridgehead atoms. The normalized spacial score (nSPS) is 22.3. The average Bonchev–Trinajstić information content (AvgIpc) is 2.49. The number of piperidine rings is 1. The molecule has 1 aromatic carbocycles. The highest BCUT2D eigenvalue weighted by Gasteiger charge is 2.24. The molecule has 0 aromatic heterocycles. The smallest absolute Gasteiger partial charge is 0.251 e. The molecule has 1 atom stereocenters. The lowest BCUT2D eigenvalue weighted by Gasteiger charge is -2.24. The molecule has 1 saturated heterocycles. The van der Waals surface area contributed by atoms with Crippen molar-refractivity contribution in [3.05, 3.63) is 23.8 Å². The largest absolute Gasteiger partial charge is 0.349 e. The predicted octanol–water partition coefficient (Wildman–Crippen LogP) is 1.60. The van der Waals surface area contributed by atoms with E-state index in [2.05, 4.69) is 16.0 Å². The van der Waals surface area contributed by atoms with Gasteiger partial charge in [0.05, 0.1) is 10.9 Å². The summed E-state index contributed by atoms with van der Waals surface area (Å²) in [6.07, 6.45) is 1.92. The zero-order valence-corrected chi connectivity index (χ0v) is 12.8. The van der Waals surface area contributed by atoms with Crippen molar-refractivity contribution in [3.8, 4) is 0 Å². The minimum Gasteiger partial charge on any atom is -0.349 e. The van der Waals surface area contributed by atoms with Gasteiger partial charge in [-0.2, -0.15) is 0 Å². The van der Waals surface area contributed by atoms with Crippen LogP contribution in [0.2, 0.25) is 0 Å². The highest BCUT2D eigenvalue weighted by atomic mass is 32.2. The van der Waals surface area contributed by atoms with Crippen molar-refractivity contribution in [2.75, 3.05) is 18.4 Å². The maximum Gasteiger partial charge on any atom is 0.251 e. The van der Waals surface area contributed by atoms with E-state index in [-0.39, 0.29) is 23.1 Å². The number of amides is 2. The van der Waals surface area contributed by atoms with E-state index in [4.69, 9.17) is 0 Å². The molecule has 0 radical (unpaired) electrons. The number of hydrogen-bond donors (Lipinski definition) is 3. The lowest BCUT2D eigenvalue weighted by atomic mass is 10.1. The van der Waals surface area contributed by atoms with Crippen LogP contribution in [-0.2, 0) is 4.79 Å². The molecule has 5 nitrogen and oxygen atoms in total. The lowest BCUT2D eigenvalue weighted by Crippen LogP contribution is -2.42. The minimum absolute atomic E-state index is 0.0107. The Morgan fingerprint density at radius 3 is 2.86 bits per heavy atom. The van der Waals surface area contributed by atoms with Crippen LogP contribution in [0, 0.1) is 0 Å². The number of hydrogen-bond acceptors (Lipinski definition) is 4. The first-order chi connectivity index (χ1) is 10.1. The fourth-order valence-electron chi connectivity index (χ4n) is 2.58. The summed E-state index contributed by atoms with van der Waals surface area (Å²) in [7, 11) is 0. The molecule has 6 heteroatoms. The maximum atomic E-state index is 12.3. The topological polar surface area (TPSA) is 70.2 Å². The van der Waals surface area contributed by atoms with Crippen LogP contribution in [-0.4, -0.2) is 36.2 Å². The van der Waals surface area contributed by atoms with Gasteiger partial charge < -0.3 is 16.0 Å². The summed E-state index contributed by atoms with van der Waals surface area (Å²) in [5.41, 5.74) is 1.34. The van der Waals surface area contributed by atoms with E-state index in [1.165, 1.54) is 11.8 Å². The molecular formula is C15H19N3O2S. The molecule has 2 heterocycles. The molecule has 21 heavy (non-hydrogen) atoms. The van der Waals surface area contributed by atoms with Crippen molar-refractivity contribution >= 4 is 29.3 Å². The summed E-state index contributed by atoms with van der Waals surface area (Å²) >= 11 is 1.52. The standard InChI is InChI=1S/C15H19N3O2S/c1-9-14(19)18-12-8-10(2-3-13(12)21-9)15(20)17-11-4-6-16-7-5-11/h2-3,8-9,11,16H,4-7H2,1H3,(H,17,20)(H,18,19). The molecule has 3 N–H and O–H groups in total. The van der Waals surface area contributed by atoms with Gasteiger partial charge in [0.1, 0.15) is 0 Å². The van der Waals surface area contributed by atoms with E-state index in [9.17, 15) is 9.59 Å². The lowest BCUT2D eigenvalue weighted by molar-refractivity contribution is -0.115. The van der Waals surface area contributed by atoms with Gasteiger partial charge in [-0.05, 0) is 51.1 Å². The van der Waals surface area contributed by atoms with Crippen LogP contribution in [0.5, 0.6) is 0 Å². The fraction of sp³-hybridized carbons (Fsp3) is 0.467. The van der Waals surface area contributed by atoms with Gasteiger partial charge in [-0.1, -0.05) is 0 Å². The number of nitrogens with one attached hydrogen (secondary N) is 3. The summed E-state index contributed by atoms with van der Waals surface area (Å²) in [6, 6.07) is 5.74. The van der Waals surface area contributed by atoms with Crippen molar-refractivity contribution in [2.45, 2.75) is 36.0 Å². The van der Waals surface area contributed by atoms with Crippen LogP contribution in [0.15, 0.2) is 23.1 Å². The third-order valence-electron chi connectivity index (χ3n) is 3.85. The van der Waals surface area contributed by atoms with Crippen LogP contribution in [0.25, 0.3) is 0 Å². The summed E-state index contributed by atoms with van der Waals surface area (Å²) in [5, 5.41) is 9.11. The number of carbonyl (C=O) groups is 2. The summed E-state index contributed by atoms with van der Waals surface area (Å²) in [6.45, 7) is 3.76. The van der Waals surface area contributed by atoms with Crippen LogP contribution in [0.4, 0.5) is 5.69 Å². The average molecular weight is 305 g/mol. The van der Waals surface area contributed by atoms with Gasteiger partial charge in [-0.15, -0.1) is 11.8 Å². The molecule has 0 aliphatic carbocycles. The number of anilines is 1. The van der Waals surface area contributed by atoms with Gasteiger partial charge >= 0.3 is 0 Å². The van der Waals surface area contributed by atoms with Gasteiger partial charge in [0.15, 0.2) is 0 Å². The van der Waals surface area contributed by atoms with E-state index in [0.717, 1.165) is 36.5 Å². The zero-order chi connectivity index (χ0) is 14.8. The number of fused-ring (bicyclic) bond motifs is 1.